The van der Waals surface area contributed by atoms with Crippen molar-refractivity contribution >= 4 is 40.8 Å². The van der Waals surface area contributed by atoms with Crippen molar-refractivity contribution in [1.82, 2.24) is 4.98 Å². The van der Waals surface area contributed by atoms with Gasteiger partial charge in [-0.3, -0.25) is 4.79 Å². The summed E-state index contributed by atoms with van der Waals surface area (Å²) in [5.74, 6) is -1.11. The van der Waals surface area contributed by atoms with Crippen molar-refractivity contribution in [2.45, 2.75) is 6.92 Å². The van der Waals surface area contributed by atoms with E-state index in [0.29, 0.717) is 10.7 Å². The van der Waals surface area contributed by atoms with Gasteiger partial charge in [0.05, 0.1) is 5.56 Å². The van der Waals surface area contributed by atoms with E-state index in [1.165, 1.54) is 18.3 Å². The van der Waals surface area contributed by atoms with Gasteiger partial charge in [-0.05, 0) is 36.8 Å². The first-order valence-electron chi connectivity index (χ1n) is 6.31. The molecule has 1 aromatic carbocycles. The number of ether oxygens (including phenoxy) is 1. The van der Waals surface area contributed by atoms with E-state index in [1.54, 1.807) is 25.1 Å². The molecule has 0 aliphatic carbocycles. The third-order valence-corrected chi connectivity index (χ3v) is 3.47. The second kappa shape index (κ2) is 7.24. The number of nitrogens with one attached hydrogen (secondary N) is 1. The van der Waals surface area contributed by atoms with Crippen LogP contribution in [0, 0.1) is 6.92 Å². The van der Waals surface area contributed by atoms with Gasteiger partial charge in [0.25, 0.3) is 5.91 Å². The zero-order valence-corrected chi connectivity index (χ0v) is 13.1. The first-order chi connectivity index (χ1) is 10.5. The normalized spacial score (nSPS) is 10.1. The van der Waals surface area contributed by atoms with Gasteiger partial charge in [-0.2, -0.15) is 0 Å². The van der Waals surface area contributed by atoms with Gasteiger partial charge in [-0.1, -0.05) is 29.3 Å². The monoisotopic (exact) mass is 338 g/mol. The Labute approximate surface area is 137 Å². The van der Waals surface area contributed by atoms with Crippen LogP contribution in [0.4, 0.5) is 5.69 Å². The molecule has 2 aromatic rings. The number of anilines is 1. The molecule has 0 atom stereocenters. The molecule has 1 amide bonds. The summed E-state index contributed by atoms with van der Waals surface area (Å²) in [4.78, 5) is 27.3. The van der Waals surface area contributed by atoms with E-state index in [1.807, 2.05) is 0 Å². The number of pyridine rings is 1. The third kappa shape index (κ3) is 4.19. The lowest BCUT2D eigenvalue weighted by Crippen LogP contribution is -2.21. The van der Waals surface area contributed by atoms with Gasteiger partial charge >= 0.3 is 5.97 Å². The van der Waals surface area contributed by atoms with E-state index < -0.39 is 18.5 Å². The number of nitrogens with zero attached hydrogens (tertiary/aromatic N) is 1. The molecule has 1 aromatic heterocycles. The number of benzene rings is 1. The molecule has 0 fully saturated rings. The van der Waals surface area contributed by atoms with Gasteiger partial charge in [0.1, 0.15) is 5.15 Å². The van der Waals surface area contributed by atoms with Crippen molar-refractivity contribution < 1.29 is 14.3 Å². The Morgan fingerprint density at radius 3 is 2.68 bits per heavy atom. The predicted octanol–water partition coefficient (Wildman–Crippen LogP) is 3.49. The number of carbonyl (C=O) groups is 2. The molecule has 0 aliphatic heterocycles. The van der Waals surface area contributed by atoms with E-state index in [2.05, 4.69) is 10.3 Å². The molecule has 0 saturated heterocycles. The fourth-order valence-corrected chi connectivity index (χ4v) is 1.93. The smallest absolute Gasteiger partial charge is 0.340 e. The van der Waals surface area contributed by atoms with Gasteiger partial charge in [-0.25, -0.2) is 9.78 Å². The van der Waals surface area contributed by atoms with Crippen LogP contribution in [-0.2, 0) is 9.53 Å². The van der Waals surface area contributed by atoms with Gasteiger partial charge in [0, 0.05) is 16.9 Å². The van der Waals surface area contributed by atoms with E-state index >= 15 is 0 Å². The molecule has 0 aliphatic rings. The molecule has 1 heterocycles. The number of carbonyl (C=O) groups excluding carboxylic acids is 2. The van der Waals surface area contributed by atoms with Gasteiger partial charge in [0.2, 0.25) is 0 Å². The Morgan fingerprint density at radius 2 is 2.00 bits per heavy atom. The second-order valence-corrected chi connectivity index (χ2v) is 5.20. The minimum atomic E-state index is -0.651. The highest BCUT2D eigenvalue weighted by molar-refractivity contribution is 6.31. The highest BCUT2D eigenvalue weighted by atomic mass is 35.5. The molecule has 114 valence electrons. The number of halogens is 2. The Morgan fingerprint density at radius 1 is 1.23 bits per heavy atom. The predicted molar refractivity (Wildman–Crippen MR) is 84.3 cm³/mol. The van der Waals surface area contributed by atoms with Gasteiger partial charge in [0.15, 0.2) is 6.61 Å². The van der Waals surface area contributed by atoms with E-state index in [0.717, 1.165) is 5.56 Å². The summed E-state index contributed by atoms with van der Waals surface area (Å²) in [6.07, 6.45) is 1.28. The van der Waals surface area contributed by atoms with Crippen LogP contribution in [0.3, 0.4) is 0 Å². The highest BCUT2D eigenvalue weighted by Gasteiger charge is 2.12. The lowest BCUT2D eigenvalue weighted by atomic mass is 10.2. The van der Waals surface area contributed by atoms with Crippen molar-refractivity contribution in [3.05, 3.63) is 57.8 Å². The molecule has 22 heavy (non-hydrogen) atoms. The lowest BCUT2D eigenvalue weighted by Gasteiger charge is -2.09. The average molecular weight is 339 g/mol. The highest BCUT2D eigenvalue weighted by Crippen LogP contribution is 2.22. The molecule has 0 saturated carbocycles. The first kappa shape index (κ1) is 16.3. The summed E-state index contributed by atoms with van der Waals surface area (Å²) in [6, 6.07) is 8.09. The summed E-state index contributed by atoms with van der Waals surface area (Å²) < 4.78 is 4.91. The van der Waals surface area contributed by atoms with Crippen LogP contribution in [0.5, 0.6) is 0 Å². The molecular formula is C15H12Cl2N2O3. The molecular weight excluding hydrogens is 327 g/mol. The van der Waals surface area contributed by atoms with Crippen molar-refractivity contribution in [2.24, 2.45) is 0 Å². The van der Waals surface area contributed by atoms with E-state index in [-0.39, 0.29) is 10.7 Å². The topological polar surface area (TPSA) is 68.3 Å². The molecule has 1 N–H and O–H groups in total. The van der Waals surface area contributed by atoms with Crippen LogP contribution in [-0.4, -0.2) is 23.5 Å². The molecule has 0 unspecified atom stereocenters. The maximum atomic E-state index is 11.8. The number of esters is 1. The fourth-order valence-electron chi connectivity index (χ4n) is 1.64. The molecule has 2 rings (SSSR count). The van der Waals surface area contributed by atoms with Crippen LogP contribution in [0.1, 0.15) is 15.9 Å². The Balaban J connectivity index is 1.91. The number of aromatic nitrogens is 1. The molecule has 0 bridgehead atoms. The average Bonchev–Trinajstić information content (AvgIpc) is 2.50. The fraction of sp³-hybridized carbons (Fsp3) is 0.133. The Bertz CT molecular complexity index is 702. The summed E-state index contributed by atoms with van der Waals surface area (Å²) in [6.45, 7) is 1.37. The first-order valence-corrected chi connectivity index (χ1v) is 7.06. The van der Waals surface area contributed by atoms with Crippen molar-refractivity contribution in [3.8, 4) is 0 Å². The van der Waals surface area contributed by atoms with Crippen LogP contribution in [0.25, 0.3) is 0 Å². The summed E-state index contributed by atoms with van der Waals surface area (Å²) >= 11 is 11.6. The molecule has 7 heteroatoms. The van der Waals surface area contributed by atoms with Crippen molar-refractivity contribution in [2.75, 3.05) is 11.9 Å². The number of amides is 1. The van der Waals surface area contributed by atoms with Gasteiger partial charge in [-0.15, -0.1) is 0 Å². The van der Waals surface area contributed by atoms with Crippen molar-refractivity contribution in [3.63, 3.8) is 0 Å². The SMILES string of the molecule is Cc1c(Cl)cccc1NC(=O)COC(=O)c1ccc(Cl)nc1. The molecule has 0 radical (unpaired) electrons. The zero-order valence-electron chi connectivity index (χ0n) is 11.6. The maximum absolute atomic E-state index is 11.8. The maximum Gasteiger partial charge on any atom is 0.340 e. The standard InChI is InChI=1S/C15H12Cl2N2O3/c1-9-11(16)3-2-4-12(9)19-14(20)8-22-15(21)10-5-6-13(17)18-7-10/h2-7H,8H2,1H3,(H,19,20). The number of hydrogen-bond donors (Lipinski definition) is 1. The largest absolute Gasteiger partial charge is 0.452 e. The summed E-state index contributed by atoms with van der Waals surface area (Å²) in [7, 11) is 0. The number of hydrogen-bond acceptors (Lipinski definition) is 4. The van der Waals surface area contributed by atoms with E-state index in [4.69, 9.17) is 27.9 Å². The zero-order chi connectivity index (χ0) is 16.1. The molecule has 0 spiro atoms. The van der Waals surface area contributed by atoms with Crippen molar-refractivity contribution in [1.29, 1.82) is 0 Å². The third-order valence-electron chi connectivity index (χ3n) is 2.84. The molecule has 5 nitrogen and oxygen atoms in total. The minimum Gasteiger partial charge on any atom is -0.452 e. The lowest BCUT2D eigenvalue weighted by molar-refractivity contribution is -0.119. The number of rotatable bonds is 4. The van der Waals surface area contributed by atoms with Crippen LogP contribution in [0.2, 0.25) is 10.2 Å². The minimum absolute atomic E-state index is 0.219. The Hall–Kier alpha value is -2.11. The van der Waals surface area contributed by atoms with Crippen LogP contribution in [0.15, 0.2) is 36.5 Å². The second-order valence-electron chi connectivity index (χ2n) is 4.41. The van der Waals surface area contributed by atoms with Crippen LogP contribution >= 0.6 is 23.2 Å². The van der Waals surface area contributed by atoms with Crippen LogP contribution < -0.4 is 5.32 Å². The summed E-state index contributed by atoms with van der Waals surface area (Å²) in [5.41, 5.74) is 1.53. The summed E-state index contributed by atoms with van der Waals surface area (Å²) in [5, 5.41) is 3.44. The van der Waals surface area contributed by atoms with Gasteiger partial charge < -0.3 is 10.1 Å². The quantitative estimate of drug-likeness (QED) is 0.684. The van der Waals surface area contributed by atoms with E-state index in [9.17, 15) is 9.59 Å². The Kier molecular flexibility index (Phi) is 5.35.